The van der Waals surface area contributed by atoms with E-state index in [0.29, 0.717) is 13.1 Å². The molecule has 124 valence electrons. The summed E-state index contributed by atoms with van der Waals surface area (Å²) in [5.41, 5.74) is 3.24. The molecule has 2 aliphatic heterocycles. The quantitative estimate of drug-likeness (QED) is 0.835. The van der Waals surface area contributed by atoms with E-state index in [9.17, 15) is 9.59 Å². The molecule has 2 aromatic rings. The number of rotatable bonds is 2. The van der Waals surface area contributed by atoms with Crippen molar-refractivity contribution in [2.24, 2.45) is 0 Å². The Morgan fingerprint density at radius 3 is 2.92 bits per heavy atom. The summed E-state index contributed by atoms with van der Waals surface area (Å²) in [6, 6.07) is 10.4. The summed E-state index contributed by atoms with van der Waals surface area (Å²) in [6.07, 6.45) is 0.885. The first-order chi connectivity index (χ1) is 11.7. The molecule has 2 saturated heterocycles. The molecule has 0 saturated carbocycles. The predicted octanol–water partition coefficient (Wildman–Crippen LogP) is 0.944. The van der Waals surface area contributed by atoms with Crippen LogP contribution in [0.4, 0.5) is 5.69 Å². The van der Waals surface area contributed by atoms with Gasteiger partial charge in [-0.2, -0.15) is 0 Å². The van der Waals surface area contributed by atoms with Crippen LogP contribution in [-0.2, 0) is 16.0 Å². The molecule has 0 spiro atoms. The molecule has 2 fully saturated rings. The van der Waals surface area contributed by atoms with Crippen LogP contribution in [-0.4, -0.2) is 53.9 Å². The zero-order valence-electron chi connectivity index (χ0n) is 13.7. The molecule has 6 heteroatoms. The number of carbonyl (C=O) groups is 2. The van der Waals surface area contributed by atoms with Gasteiger partial charge in [-0.1, -0.05) is 25.1 Å². The number of aryl methyl sites for hydroxylation is 1. The summed E-state index contributed by atoms with van der Waals surface area (Å²) in [6.45, 7) is 4.66. The number of nitrogens with one attached hydrogen (secondary N) is 1. The van der Waals surface area contributed by atoms with E-state index >= 15 is 0 Å². The van der Waals surface area contributed by atoms with Gasteiger partial charge in [0.25, 0.3) is 0 Å². The van der Waals surface area contributed by atoms with Crippen LogP contribution in [0.3, 0.4) is 0 Å². The minimum atomic E-state index is -0.484. The Labute approximate surface area is 140 Å². The Hall–Kier alpha value is -2.63. The van der Waals surface area contributed by atoms with E-state index in [2.05, 4.69) is 29.3 Å². The molecule has 1 aromatic heterocycles. The highest BCUT2D eigenvalue weighted by Crippen LogP contribution is 2.29. The number of para-hydroxylation sites is 1. The highest BCUT2D eigenvalue weighted by Gasteiger charge is 2.37. The van der Waals surface area contributed by atoms with Crippen LogP contribution in [0.25, 0.3) is 10.9 Å². The number of hydrogen-bond acceptors (Lipinski definition) is 4. The number of pyridine rings is 1. The Morgan fingerprint density at radius 1 is 1.25 bits per heavy atom. The average molecular weight is 324 g/mol. The number of piperazine rings is 2. The molecular weight excluding hydrogens is 304 g/mol. The molecule has 2 amide bonds. The van der Waals surface area contributed by atoms with Crippen molar-refractivity contribution in [2.75, 3.05) is 31.1 Å². The largest absolute Gasteiger partial charge is 0.367 e. The lowest BCUT2D eigenvalue weighted by Crippen LogP contribution is -2.65. The topological polar surface area (TPSA) is 65.5 Å². The second kappa shape index (κ2) is 5.78. The lowest BCUT2D eigenvalue weighted by Gasteiger charge is -2.44. The van der Waals surface area contributed by atoms with Crippen molar-refractivity contribution >= 4 is 28.4 Å². The smallest absolute Gasteiger partial charge is 0.312 e. The highest BCUT2D eigenvalue weighted by molar-refractivity contribution is 6.35. The summed E-state index contributed by atoms with van der Waals surface area (Å²) < 4.78 is 0. The van der Waals surface area contributed by atoms with Crippen LogP contribution in [0.1, 0.15) is 12.6 Å². The normalized spacial score (nSPS) is 21.0. The molecule has 2 aliphatic rings. The SMILES string of the molecule is CCc1cc(N2CCN3C(=O)C(=O)NCC3C2)c2ccccc2n1. The van der Waals surface area contributed by atoms with Crippen molar-refractivity contribution in [1.82, 2.24) is 15.2 Å². The number of anilines is 1. The minimum Gasteiger partial charge on any atom is -0.367 e. The van der Waals surface area contributed by atoms with Crippen molar-refractivity contribution in [3.05, 3.63) is 36.0 Å². The number of amides is 2. The van der Waals surface area contributed by atoms with Crippen LogP contribution in [0, 0.1) is 0 Å². The Balaban J connectivity index is 1.69. The summed E-state index contributed by atoms with van der Waals surface area (Å²) in [5.74, 6) is -0.887. The number of aromatic nitrogens is 1. The second-order valence-corrected chi connectivity index (χ2v) is 6.31. The molecule has 0 bridgehead atoms. The van der Waals surface area contributed by atoms with Crippen LogP contribution in [0.15, 0.2) is 30.3 Å². The molecule has 1 N–H and O–H groups in total. The van der Waals surface area contributed by atoms with Gasteiger partial charge in [-0.05, 0) is 18.6 Å². The first kappa shape index (κ1) is 14.9. The van der Waals surface area contributed by atoms with Gasteiger partial charge in [0, 0.05) is 42.9 Å². The van der Waals surface area contributed by atoms with Gasteiger partial charge in [0.05, 0.1) is 11.6 Å². The third-order valence-electron chi connectivity index (χ3n) is 4.89. The summed E-state index contributed by atoms with van der Waals surface area (Å²) >= 11 is 0. The lowest BCUT2D eigenvalue weighted by molar-refractivity contribution is -0.150. The van der Waals surface area contributed by atoms with Crippen molar-refractivity contribution in [3.63, 3.8) is 0 Å². The minimum absolute atomic E-state index is 0.0287. The van der Waals surface area contributed by atoms with Crippen molar-refractivity contribution < 1.29 is 9.59 Å². The van der Waals surface area contributed by atoms with E-state index in [1.54, 1.807) is 4.90 Å². The predicted molar refractivity (Wildman–Crippen MR) is 91.8 cm³/mol. The van der Waals surface area contributed by atoms with Gasteiger partial charge in [0.1, 0.15) is 0 Å². The van der Waals surface area contributed by atoms with Gasteiger partial charge < -0.3 is 15.1 Å². The zero-order valence-corrected chi connectivity index (χ0v) is 13.7. The standard InChI is InChI=1S/C18H20N4O2/c1-2-12-9-16(14-5-3-4-6-15(14)20-12)21-7-8-22-13(11-21)10-19-17(23)18(22)24/h3-6,9,13H,2,7-8,10-11H2,1H3,(H,19,23). The summed E-state index contributed by atoms with van der Waals surface area (Å²) in [7, 11) is 0. The molecule has 4 rings (SSSR count). The molecular formula is C18H20N4O2. The fourth-order valence-corrected chi connectivity index (χ4v) is 3.59. The number of benzene rings is 1. The molecule has 24 heavy (non-hydrogen) atoms. The molecule has 6 nitrogen and oxygen atoms in total. The van der Waals surface area contributed by atoms with Gasteiger partial charge in [0.15, 0.2) is 0 Å². The van der Waals surface area contributed by atoms with Gasteiger partial charge in [-0.25, -0.2) is 0 Å². The average Bonchev–Trinajstić information content (AvgIpc) is 2.63. The fourth-order valence-electron chi connectivity index (χ4n) is 3.59. The van der Waals surface area contributed by atoms with E-state index in [0.717, 1.165) is 36.1 Å². The third kappa shape index (κ3) is 2.38. The monoisotopic (exact) mass is 324 g/mol. The molecule has 3 heterocycles. The molecule has 0 aliphatic carbocycles. The molecule has 1 unspecified atom stereocenters. The van der Waals surface area contributed by atoms with Gasteiger partial charge in [-0.15, -0.1) is 0 Å². The zero-order chi connectivity index (χ0) is 16.7. The lowest BCUT2D eigenvalue weighted by atomic mass is 10.1. The first-order valence-corrected chi connectivity index (χ1v) is 8.39. The maximum Gasteiger partial charge on any atom is 0.312 e. The maximum atomic E-state index is 12.0. The number of hydrogen-bond donors (Lipinski definition) is 1. The Bertz CT molecular complexity index is 820. The van der Waals surface area contributed by atoms with Gasteiger partial charge >= 0.3 is 11.8 Å². The number of carbonyl (C=O) groups excluding carboxylic acids is 2. The Kier molecular flexibility index (Phi) is 3.59. The number of nitrogens with zero attached hydrogens (tertiary/aromatic N) is 3. The highest BCUT2D eigenvalue weighted by atomic mass is 16.2. The van der Waals surface area contributed by atoms with Crippen LogP contribution in [0.5, 0.6) is 0 Å². The Morgan fingerprint density at radius 2 is 2.08 bits per heavy atom. The van der Waals surface area contributed by atoms with Crippen LogP contribution >= 0.6 is 0 Å². The van der Waals surface area contributed by atoms with Crippen LogP contribution in [0.2, 0.25) is 0 Å². The van der Waals surface area contributed by atoms with Crippen LogP contribution < -0.4 is 10.2 Å². The van der Waals surface area contributed by atoms with Gasteiger partial charge in [0.2, 0.25) is 0 Å². The van der Waals surface area contributed by atoms with E-state index < -0.39 is 11.8 Å². The summed E-state index contributed by atoms with van der Waals surface area (Å²) in [4.78, 5) is 32.3. The second-order valence-electron chi connectivity index (χ2n) is 6.31. The van der Waals surface area contributed by atoms with E-state index in [1.807, 2.05) is 18.2 Å². The summed E-state index contributed by atoms with van der Waals surface area (Å²) in [5, 5.41) is 3.83. The van der Waals surface area contributed by atoms with E-state index in [1.165, 1.54) is 5.69 Å². The first-order valence-electron chi connectivity index (χ1n) is 8.39. The third-order valence-corrected chi connectivity index (χ3v) is 4.89. The van der Waals surface area contributed by atoms with Crippen molar-refractivity contribution in [3.8, 4) is 0 Å². The molecule has 0 radical (unpaired) electrons. The number of fused-ring (bicyclic) bond motifs is 2. The molecule has 1 atom stereocenters. The molecule has 1 aromatic carbocycles. The van der Waals surface area contributed by atoms with Crippen molar-refractivity contribution in [1.29, 1.82) is 0 Å². The van der Waals surface area contributed by atoms with E-state index in [4.69, 9.17) is 4.98 Å². The van der Waals surface area contributed by atoms with Crippen molar-refractivity contribution in [2.45, 2.75) is 19.4 Å². The maximum absolute atomic E-state index is 12.0. The van der Waals surface area contributed by atoms with Gasteiger partial charge in [-0.3, -0.25) is 14.6 Å². The van der Waals surface area contributed by atoms with E-state index in [-0.39, 0.29) is 6.04 Å². The fraction of sp³-hybridized carbons (Fsp3) is 0.389.